The number of pyridine rings is 1. The van der Waals surface area contributed by atoms with Gasteiger partial charge in [0.25, 0.3) is 5.96 Å². The van der Waals surface area contributed by atoms with Crippen LogP contribution in [0.1, 0.15) is 5.56 Å². The summed E-state index contributed by atoms with van der Waals surface area (Å²) in [4.78, 5) is 18.2. The van der Waals surface area contributed by atoms with Crippen LogP contribution >= 0.6 is 11.6 Å². The molecule has 0 atom stereocenters. The van der Waals surface area contributed by atoms with E-state index in [9.17, 15) is 10.1 Å². The molecule has 9 heteroatoms. The normalized spacial score (nSPS) is 17.0. The Labute approximate surface area is 126 Å². The number of guanidine groups is 1. The van der Waals surface area contributed by atoms with E-state index in [1.54, 1.807) is 28.3 Å². The van der Waals surface area contributed by atoms with Crippen LogP contribution in [-0.2, 0) is 11.3 Å². The van der Waals surface area contributed by atoms with E-state index >= 15 is 0 Å². The summed E-state index contributed by atoms with van der Waals surface area (Å²) in [5.41, 5.74) is 0.896. The van der Waals surface area contributed by atoms with Crippen LogP contribution in [0.15, 0.2) is 35.9 Å². The molecule has 2 rings (SSSR count). The number of aromatic nitrogens is 1. The number of hydrogen-bond acceptors (Lipinski definition) is 4. The molecule has 0 unspecified atom stereocenters. The first-order valence-corrected chi connectivity index (χ1v) is 6.52. The molecule has 0 spiro atoms. The minimum Gasteiger partial charge on any atom is -0.503 e. The number of rotatable bonds is 5. The Hall–Kier alpha value is -2.35. The van der Waals surface area contributed by atoms with Crippen LogP contribution in [0.5, 0.6) is 0 Å². The zero-order valence-corrected chi connectivity index (χ0v) is 12.1. The average molecular weight is 312 g/mol. The molecule has 1 aliphatic rings. The lowest BCUT2D eigenvalue weighted by Crippen LogP contribution is -2.31. The summed E-state index contributed by atoms with van der Waals surface area (Å²) in [7, 11) is 1.51. The van der Waals surface area contributed by atoms with Crippen molar-refractivity contribution in [2.75, 3.05) is 20.2 Å². The molecule has 21 heavy (non-hydrogen) atoms. The molecule has 0 aliphatic carbocycles. The second-order valence-corrected chi connectivity index (χ2v) is 4.65. The Bertz CT molecular complexity index is 561. The van der Waals surface area contributed by atoms with Gasteiger partial charge in [-0.3, -0.25) is 0 Å². The number of ether oxygens (including phenoxy) is 1. The van der Waals surface area contributed by atoms with Gasteiger partial charge >= 0.3 is 0 Å². The fourth-order valence-corrected chi connectivity index (χ4v) is 2.06. The van der Waals surface area contributed by atoms with Crippen LogP contribution in [-0.4, -0.2) is 46.0 Å². The number of methoxy groups -OCH3 is 1. The van der Waals surface area contributed by atoms with Crippen molar-refractivity contribution in [2.24, 2.45) is 5.10 Å². The van der Waals surface area contributed by atoms with E-state index in [2.05, 4.69) is 10.1 Å². The predicted molar refractivity (Wildman–Crippen MR) is 76.9 cm³/mol. The molecular formula is C12H14ClN5O3. The number of hydrogen-bond donors (Lipinski definition) is 0. The van der Waals surface area contributed by atoms with Crippen molar-refractivity contribution in [3.63, 3.8) is 0 Å². The molecule has 0 amide bonds. The lowest BCUT2D eigenvalue weighted by molar-refractivity contribution is -0.486. The highest BCUT2D eigenvalue weighted by Crippen LogP contribution is 2.15. The van der Waals surface area contributed by atoms with E-state index in [-0.39, 0.29) is 5.96 Å². The Morgan fingerprint density at radius 3 is 3.00 bits per heavy atom. The van der Waals surface area contributed by atoms with Crippen molar-refractivity contribution in [2.45, 2.75) is 6.54 Å². The third kappa shape index (κ3) is 4.06. The molecule has 2 heterocycles. The summed E-state index contributed by atoms with van der Waals surface area (Å²) in [6.07, 6.45) is 4.70. The van der Waals surface area contributed by atoms with E-state index in [1.165, 1.54) is 13.4 Å². The summed E-state index contributed by atoms with van der Waals surface area (Å²) >= 11 is 5.74. The molecule has 0 aromatic carbocycles. The lowest BCUT2D eigenvalue weighted by Gasteiger charge is -2.18. The molecule has 1 aromatic rings. The standard InChI is InChI=1S/C12H14ClN5O3/c1-21-7-6-16-4-5-17(12(16)15-18(19)20)9-10-2-3-11(13)14-8-10/h2-3,6-8H,4-5,9H2,1H3/b7-6?,15-12+. The second-order valence-electron chi connectivity index (χ2n) is 4.26. The molecular weight excluding hydrogens is 298 g/mol. The minimum atomic E-state index is -0.707. The van der Waals surface area contributed by atoms with Gasteiger partial charge in [0, 0.05) is 32.0 Å². The molecule has 0 bridgehead atoms. The molecule has 1 aliphatic heterocycles. The summed E-state index contributed by atoms with van der Waals surface area (Å²) < 4.78 is 4.83. The summed E-state index contributed by atoms with van der Waals surface area (Å²) in [6.45, 7) is 1.67. The zero-order chi connectivity index (χ0) is 15.2. The van der Waals surface area contributed by atoms with Gasteiger partial charge in [0.1, 0.15) is 10.3 Å². The number of hydrazone groups is 1. The quantitative estimate of drug-likeness (QED) is 0.355. The Kier molecular flexibility index (Phi) is 4.94. The number of nitro groups is 1. The largest absolute Gasteiger partial charge is 0.503 e. The van der Waals surface area contributed by atoms with Gasteiger partial charge in [0.05, 0.1) is 13.4 Å². The third-order valence-electron chi connectivity index (χ3n) is 2.86. The molecule has 112 valence electrons. The monoisotopic (exact) mass is 311 g/mol. The first-order valence-electron chi connectivity index (χ1n) is 6.14. The fraction of sp³-hybridized carbons (Fsp3) is 0.333. The maximum Gasteiger partial charge on any atom is 0.278 e. The zero-order valence-electron chi connectivity index (χ0n) is 11.3. The van der Waals surface area contributed by atoms with Crippen LogP contribution in [0, 0.1) is 10.1 Å². The van der Waals surface area contributed by atoms with Crippen molar-refractivity contribution in [1.82, 2.24) is 14.8 Å². The maximum atomic E-state index is 10.7. The molecule has 1 saturated heterocycles. The van der Waals surface area contributed by atoms with E-state index in [0.717, 1.165) is 5.56 Å². The molecule has 8 nitrogen and oxygen atoms in total. The molecule has 0 saturated carbocycles. The van der Waals surface area contributed by atoms with E-state index in [0.29, 0.717) is 24.8 Å². The molecule has 1 aromatic heterocycles. The van der Waals surface area contributed by atoms with Crippen molar-refractivity contribution < 1.29 is 9.77 Å². The van der Waals surface area contributed by atoms with Gasteiger partial charge < -0.3 is 14.5 Å². The Balaban J connectivity index is 2.16. The van der Waals surface area contributed by atoms with Crippen LogP contribution < -0.4 is 0 Å². The first kappa shape index (κ1) is 15.0. The van der Waals surface area contributed by atoms with E-state index in [1.807, 2.05) is 6.07 Å². The number of nitrogens with zero attached hydrogens (tertiary/aromatic N) is 5. The van der Waals surface area contributed by atoms with E-state index in [4.69, 9.17) is 16.3 Å². The van der Waals surface area contributed by atoms with Crippen molar-refractivity contribution in [3.8, 4) is 0 Å². The van der Waals surface area contributed by atoms with Crippen LogP contribution in [0.4, 0.5) is 0 Å². The van der Waals surface area contributed by atoms with E-state index < -0.39 is 5.03 Å². The smallest absolute Gasteiger partial charge is 0.278 e. The van der Waals surface area contributed by atoms with Crippen LogP contribution in [0.3, 0.4) is 0 Å². The predicted octanol–water partition coefficient (Wildman–Crippen LogP) is 1.52. The van der Waals surface area contributed by atoms with Gasteiger partial charge in [-0.2, -0.15) is 0 Å². The second kappa shape index (κ2) is 6.89. The van der Waals surface area contributed by atoms with Gasteiger partial charge in [-0.05, 0) is 11.6 Å². The SMILES string of the molecule is COC=CN1CCN(Cc2ccc(Cl)nc2)/C1=N/[N+](=O)[O-]. The van der Waals surface area contributed by atoms with Crippen molar-refractivity contribution in [3.05, 3.63) is 51.6 Å². The molecule has 0 N–H and O–H groups in total. The summed E-state index contributed by atoms with van der Waals surface area (Å²) in [5, 5.41) is 13.8. The van der Waals surface area contributed by atoms with Crippen molar-refractivity contribution in [1.29, 1.82) is 0 Å². The first-order chi connectivity index (χ1) is 10.1. The van der Waals surface area contributed by atoms with Crippen molar-refractivity contribution >= 4 is 17.6 Å². The Morgan fingerprint density at radius 2 is 2.38 bits per heavy atom. The molecule has 0 radical (unpaired) electrons. The van der Waals surface area contributed by atoms with Gasteiger partial charge in [-0.15, -0.1) is 0 Å². The Morgan fingerprint density at radius 1 is 1.57 bits per heavy atom. The van der Waals surface area contributed by atoms with Crippen LogP contribution in [0.2, 0.25) is 5.15 Å². The summed E-state index contributed by atoms with van der Waals surface area (Å²) in [5.74, 6) is 0.267. The average Bonchev–Trinajstić information content (AvgIpc) is 2.81. The minimum absolute atomic E-state index is 0.267. The highest BCUT2D eigenvalue weighted by Gasteiger charge is 2.28. The lowest BCUT2D eigenvalue weighted by atomic mass is 10.3. The summed E-state index contributed by atoms with van der Waals surface area (Å²) in [6, 6.07) is 3.51. The maximum absolute atomic E-state index is 10.7. The number of halogens is 1. The van der Waals surface area contributed by atoms with Gasteiger partial charge in [0.2, 0.25) is 0 Å². The highest BCUT2D eigenvalue weighted by atomic mass is 35.5. The topological polar surface area (TPSA) is 84.1 Å². The van der Waals surface area contributed by atoms with Gasteiger partial charge in [-0.25, -0.2) is 15.1 Å². The van der Waals surface area contributed by atoms with Gasteiger partial charge in [0.15, 0.2) is 5.03 Å². The third-order valence-corrected chi connectivity index (χ3v) is 3.08. The van der Waals surface area contributed by atoms with Crippen LogP contribution in [0.25, 0.3) is 0 Å². The van der Waals surface area contributed by atoms with Gasteiger partial charge in [-0.1, -0.05) is 17.7 Å². The highest BCUT2D eigenvalue weighted by molar-refractivity contribution is 6.29. The fourth-order valence-electron chi connectivity index (χ4n) is 1.95. The molecule has 1 fully saturated rings.